The predicted octanol–water partition coefficient (Wildman–Crippen LogP) is 5.43. The quantitative estimate of drug-likeness (QED) is 0.541. The molecule has 5 heteroatoms. The van der Waals surface area contributed by atoms with Crippen LogP contribution in [-0.2, 0) is 6.42 Å². The Bertz CT molecular complexity index is 1020. The van der Waals surface area contributed by atoms with Crippen LogP contribution in [0.4, 0.5) is 0 Å². The van der Waals surface area contributed by atoms with Gasteiger partial charge in [-0.1, -0.05) is 32.0 Å². The van der Waals surface area contributed by atoms with Crippen molar-refractivity contribution in [2.24, 2.45) is 0 Å². The average molecular weight is 419 g/mol. The molecule has 2 atom stereocenters. The second-order valence-corrected chi connectivity index (χ2v) is 8.39. The fourth-order valence-electron chi connectivity index (χ4n) is 4.59. The molecule has 0 amide bonds. The minimum atomic E-state index is 0.0432. The van der Waals surface area contributed by atoms with Crippen LogP contribution in [0.25, 0.3) is 5.69 Å². The topological polar surface area (TPSA) is 33.1 Å². The molecule has 0 spiro atoms. The van der Waals surface area contributed by atoms with Crippen LogP contribution in [0.15, 0.2) is 54.7 Å². The van der Waals surface area contributed by atoms with Gasteiger partial charge in [-0.15, -0.1) is 0 Å². The van der Waals surface area contributed by atoms with Crippen LogP contribution < -0.4 is 5.32 Å². The van der Waals surface area contributed by atoms with E-state index in [1.807, 2.05) is 18.3 Å². The Hall–Kier alpha value is -2.66. The highest BCUT2D eigenvalue weighted by molar-refractivity contribution is 7.80. The third-order valence-corrected chi connectivity index (χ3v) is 6.41. The Balaban J connectivity index is 1.80. The second-order valence-electron chi connectivity index (χ2n) is 8.00. The van der Waals surface area contributed by atoms with E-state index in [4.69, 9.17) is 12.2 Å². The minimum Gasteiger partial charge on any atom is -0.352 e. The van der Waals surface area contributed by atoms with Crippen molar-refractivity contribution in [2.75, 3.05) is 6.54 Å². The van der Waals surface area contributed by atoms with Gasteiger partial charge in [0.25, 0.3) is 0 Å². The molecule has 3 aromatic rings. The number of hydrogen-bond acceptors (Lipinski definition) is 2. The summed E-state index contributed by atoms with van der Waals surface area (Å²) in [5.74, 6) is 0. The zero-order chi connectivity index (χ0) is 21.3. The molecule has 0 aliphatic carbocycles. The van der Waals surface area contributed by atoms with Gasteiger partial charge >= 0.3 is 0 Å². The molecule has 1 fully saturated rings. The van der Waals surface area contributed by atoms with Crippen LogP contribution in [0.3, 0.4) is 0 Å². The summed E-state index contributed by atoms with van der Waals surface area (Å²) in [6, 6.07) is 17.5. The molecule has 30 heavy (non-hydrogen) atoms. The van der Waals surface area contributed by atoms with Crippen molar-refractivity contribution < 1.29 is 0 Å². The molecule has 1 aliphatic rings. The summed E-state index contributed by atoms with van der Waals surface area (Å²) < 4.78 is 2.36. The largest absolute Gasteiger partial charge is 0.352 e. The highest BCUT2D eigenvalue weighted by Gasteiger charge is 2.40. The lowest BCUT2D eigenvalue weighted by Crippen LogP contribution is -2.30. The Morgan fingerprint density at radius 3 is 2.47 bits per heavy atom. The number of benzene rings is 1. The van der Waals surface area contributed by atoms with E-state index >= 15 is 0 Å². The molecular formula is C25H30N4S. The Morgan fingerprint density at radius 1 is 1.07 bits per heavy atom. The van der Waals surface area contributed by atoms with E-state index < -0.39 is 0 Å². The standard InChI is InChI=1S/C25H30N4S/c1-5-15-28-24(23(27-25(28)30)22-9-7-8-14-26-22)21-16-17(3)29(18(21)4)20-12-10-19(6-2)11-13-20/h7-14,16,23-24H,5-6,15H2,1-4H3,(H,27,30)/t23-,24+/m0/s1. The first-order valence-electron chi connectivity index (χ1n) is 10.8. The van der Waals surface area contributed by atoms with Gasteiger partial charge in [0.1, 0.15) is 0 Å². The molecule has 0 saturated carbocycles. The van der Waals surface area contributed by atoms with Crippen molar-refractivity contribution in [2.45, 2.75) is 52.6 Å². The number of hydrogen-bond donors (Lipinski definition) is 1. The molecule has 0 unspecified atom stereocenters. The number of pyridine rings is 1. The van der Waals surface area contributed by atoms with Gasteiger partial charge in [-0.3, -0.25) is 4.98 Å². The predicted molar refractivity (Wildman–Crippen MR) is 127 cm³/mol. The van der Waals surface area contributed by atoms with Crippen molar-refractivity contribution in [1.29, 1.82) is 0 Å². The fourth-order valence-corrected chi connectivity index (χ4v) is 4.92. The summed E-state index contributed by atoms with van der Waals surface area (Å²) in [7, 11) is 0. The van der Waals surface area contributed by atoms with E-state index in [2.05, 4.69) is 83.9 Å². The zero-order valence-electron chi connectivity index (χ0n) is 18.2. The molecule has 1 aliphatic heterocycles. The normalized spacial score (nSPS) is 18.7. The van der Waals surface area contributed by atoms with E-state index in [0.717, 1.165) is 30.2 Å². The summed E-state index contributed by atoms with van der Waals surface area (Å²) in [5.41, 5.74) is 7.40. The van der Waals surface area contributed by atoms with E-state index in [9.17, 15) is 0 Å². The lowest BCUT2D eigenvalue weighted by Gasteiger charge is -2.27. The van der Waals surface area contributed by atoms with Crippen molar-refractivity contribution in [3.8, 4) is 5.69 Å². The van der Waals surface area contributed by atoms with Gasteiger partial charge in [-0.25, -0.2) is 0 Å². The monoisotopic (exact) mass is 418 g/mol. The molecule has 0 bridgehead atoms. The maximum absolute atomic E-state index is 5.74. The summed E-state index contributed by atoms with van der Waals surface area (Å²) in [5, 5.41) is 4.36. The third kappa shape index (κ3) is 3.63. The van der Waals surface area contributed by atoms with Gasteiger partial charge in [-0.2, -0.15) is 0 Å². The third-order valence-electron chi connectivity index (χ3n) is 6.05. The van der Waals surface area contributed by atoms with Gasteiger partial charge in [0, 0.05) is 29.8 Å². The Morgan fingerprint density at radius 2 is 1.83 bits per heavy atom. The Kier molecular flexibility index (Phi) is 5.91. The highest BCUT2D eigenvalue weighted by Crippen LogP contribution is 2.41. The summed E-state index contributed by atoms with van der Waals surface area (Å²) in [6.07, 6.45) is 3.96. The Labute approximate surface area is 184 Å². The smallest absolute Gasteiger partial charge is 0.170 e. The SMILES string of the molecule is CCCN1C(=S)N[C@@H](c2ccccn2)[C@H]1c1cc(C)n(-c2ccc(CC)cc2)c1C. The van der Waals surface area contributed by atoms with Crippen LogP contribution in [0.5, 0.6) is 0 Å². The first kappa shape index (κ1) is 20.6. The summed E-state index contributed by atoms with van der Waals surface area (Å²) in [6.45, 7) is 9.72. The molecule has 1 N–H and O–H groups in total. The van der Waals surface area contributed by atoms with Gasteiger partial charge in [0.15, 0.2) is 5.11 Å². The molecule has 1 aromatic carbocycles. The van der Waals surface area contributed by atoms with Crippen LogP contribution >= 0.6 is 12.2 Å². The van der Waals surface area contributed by atoms with E-state index in [-0.39, 0.29) is 12.1 Å². The van der Waals surface area contributed by atoms with Crippen LogP contribution in [0.2, 0.25) is 0 Å². The molecule has 4 nitrogen and oxygen atoms in total. The molecule has 3 heterocycles. The lowest BCUT2D eigenvalue weighted by molar-refractivity contribution is 0.316. The average Bonchev–Trinajstić information content (AvgIpc) is 3.24. The van der Waals surface area contributed by atoms with Crippen LogP contribution in [-0.4, -0.2) is 26.1 Å². The number of nitrogens with zero attached hydrogens (tertiary/aromatic N) is 3. The molecule has 1 saturated heterocycles. The number of rotatable bonds is 6. The second kappa shape index (κ2) is 8.60. The minimum absolute atomic E-state index is 0.0432. The fraction of sp³-hybridized carbons (Fsp3) is 0.360. The molecular weight excluding hydrogens is 388 g/mol. The zero-order valence-corrected chi connectivity index (χ0v) is 19.0. The maximum atomic E-state index is 5.74. The molecule has 156 valence electrons. The number of aromatic nitrogens is 2. The maximum Gasteiger partial charge on any atom is 0.170 e. The van der Waals surface area contributed by atoms with E-state index in [1.54, 1.807) is 0 Å². The summed E-state index contributed by atoms with van der Waals surface area (Å²) in [4.78, 5) is 6.98. The molecule has 4 rings (SSSR count). The van der Waals surface area contributed by atoms with Gasteiger partial charge in [0.05, 0.1) is 17.8 Å². The molecule has 0 radical (unpaired) electrons. The van der Waals surface area contributed by atoms with E-state index in [0.29, 0.717) is 0 Å². The van der Waals surface area contributed by atoms with E-state index in [1.165, 1.54) is 28.2 Å². The van der Waals surface area contributed by atoms with Crippen molar-refractivity contribution in [1.82, 2.24) is 19.8 Å². The van der Waals surface area contributed by atoms with Crippen molar-refractivity contribution in [3.63, 3.8) is 0 Å². The van der Waals surface area contributed by atoms with Gasteiger partial charge < -0.3 is 14.8 Å². The van der Waals surface area contributed by atoms with Gasteiger partial charge in [0.2, 0.25) is 0 Å². The summed E-state index contributed by atoms with van der Waals surface area (Å²) >= 11 is 5.74. The van der Waals surface area contributed by atoms with Crippen molar-refractivity contribution in [3.05, 3.63) is 82.9 Å². The first-order chi connectivity index (χ1) is 14.5. The van der Waals surface area contributed by atoms with Gasteiger partial charge in [-0.05, 0) is 80.4 Å². The van der Waals surface area contributed by atoms with Crippen LogP contribution in [0, 0.1) is 13.8 Å². The number of thiocarbonyl (C=S) groups is 1. The number of aryl methyl sites for hydroxylation is 2. The lowest BCUT2D eigenvalue weighted by atomic mass is 9.96. The number of nitrogens with one attached hydrogen (secondary N) is 1. The van der Waals surface area contributed by atoms with Crippen molar-refractivity contribution >= 4 is 17.3 Å². The highest BCUT2D eigenvalue weighted by atomic mass is 32.1. The molecule has 2 aromatic heterocycles. The first-order valence-corrected chi connectivity index (χ1v) is 11.2. The van der Waals surface area contributed by atoms with Crippen LogP contribution in [0.1, 0.15) is 60.6 Å².